The van der Waals surface area contributed by atoms with Crippen molar-refractivity contribution in [1.82, 2.24) is 9.88 Å². The molecule has 104 valence electrons. The third-order valence-corrected chi connectivity index (χ3v) is 4.05. The Labute approximate surface area is 114 Å². The van der Waals surface area contributed by atoms with Crippen molar-refractivity contribution >= 4 is 5.91 Å². The van der Waals surface area contributed by atoms with Gasteiger partial charge in [0.25, 0.3) is 5.91 Å². The topological polar surface area (TPSA) is 53.4 Å². The van der Waals surface area contributed by atoms with Crippen molar-refractivity contribution in [2.24, 2.45) is 5.92 Å². The molecule has 1 amide bonds. The van der Waals surface area contributed by atoms with Crippen LogP contribution in [0.1, 0.15) is 41.9 Å². The van der Waals surface area contributed by atoms with Crippen LogP contribution in [0.25, 0.3) is 0 Å². The number of amides is 1. The summed E-state index contributed by atoms with van der Waals surface area (Å²) < 4.78 is 0. The minimum absolute atomic E-state index is 0.00357. The fourth-order valence-corrected chi connectivity index (χ4v) is 2.72. The first-order valence-electron chi connectivity index (χ1n) is 6.93. The molecule has 1 aromatic rings. The van der Waals surface area contributed by atoms with Crippen LogP contribution >= 0.6 is 0 Å². The van der Waals surface area contributed by atoms with Crippen molar-refractivity contribution in [3.63, 3.8) is 0 Å². The lowest BCUT2D eigenvalue weighted by molar-refractivity contribution is 0.0647. The van der Waals surface area contributed by atoms with E-state index in [4.69, 9.17) is 5.11 Å². The summed E-state index contributed by atoms with van der Waals surface area (Å²) in [5.74, 6) is 0.410. The van der Waals surface area contributed by atoms with Crippen LogP contribution < -0.4 is 0 Å². The van der Waals surface area contributed by atoms with Gasteiger partial charge in [-0.3, -0.25) is 4.79 Å². The highest BCUT2D eigenvalue weighted by molar-refractivity contribution is 5.92. The Bertz CT molecular complexity index is 440. The van der Waals surface area contributed by atoms with Crippen LogP contribution in [0, 0.1) is 12.8 Å². The molecule has 4 nitrogen and oxygen atoms in total. The summed E-state index contributed by atoms with van der Waals surface area (Å²) >= 11 is 0. The van der Waals surface area contributed by atoms with Gasteiger partial charge in [0, 0.05) is 25.4 Å². The Morgan fingerprint density at radius 2 is 2.05 bits per heavy atom. The number of rotatable bonds is 3. The van der Waals surface area contributed by atoms with Crippen LogP contribution in [0.2, 0.25) is 0 Å². The number of hydrogen-bond donors (Lipinski definition) is 1. The van der Waals surface area contributed by atoms with Crippen LogP contribution in [0.5, 0.6) is 0 Å². The minimum Gasteiger partial charge on any atom is -0.396 e. The summed E-state index contributed by atoms with van der Waals surface area (Å²) in [6.07, 6.45) is 3.94. The van der Waals surface area contributed by atoms with Gasteiger partial charge in [0.2, 0.25) is 0 Å². The maximum absolute atomic E-state index is 12.4. The number of carbonyl (C=O) groups excluding carboxylic acids is 1. The summed E-state index contributed by atoms with van der Waals surface area (Å²) in [4.78, 5) is 18.5. The molecule has 1 N–H and O–H groups in total. The van der Waals surface area contributed by atoms with Crippen molar-refractivity contribution in [3.8, 4) is 0 Å². The van der Waals surface area contributed by atoms with Crippen LogP contribution in [0.3, 0.4) is 0 Å². The van der Waals surface area contributed by atoms with Crippen molar-refractivity contribution in [1.29, 1.82) is 0 Å². The second kappa shape index (κ2) is 6.15. The van der Waals surface area contributed by atoms with E-state index >= 15 is 0 Å². The molecule has 1 fully saturated rings. The fourth-order valence-electron chi connectivity index (χ4n) is 2.72. The number of carbonyl (C=O) groups is 1. The number of hydrogen-bond acceptors (Lipinski definition) is 3. The van der Waals surface area contributed by atoms with Crippen LogP contribution in [0.15, 0.2) is 18.2 Å². The number of aliphatic hydroxyl groups excluding tert-OH is 1. The van der Waals surface area contributed by atoms with E-state index < -0.39 is 0 Å². The maximum Gasteiger partial charge on any atom is 0.272 e. The number of nitrogens with zero attached hydrogens (tertiary/aromatic N) is 2. The summed E-state index contributed by atoms with van der Waals surface area (Å²) in [6.45, 7) is 2.16. The van der Waals surface area contributed by atoms with Gasteiger partial charge in [0.15, 0.2) is 0 Å². The predicted molar refractivity (Wildman–Crippen MR) is 73.9 cm³/mol. The highest BCUT2D eigenvalue weighted by atomic mass is 16.3. The van der Waals surface area contributed by atoms with E-state index in [0.717, 1.165) is 31.4 Å². The average Bonchev–Trinajstić information content (AvgIpc) is 2.46. The van der Waals surface area contributed by atoms with E-state index in [1.54, 1.807) is 6.07 Å². The van der Waals surface area contributed by atoms with E-state index in [2.05, 4.69) is 4.98 Å². The fraction of sp³-hybridized carbons (Fsp3) is 0.600. The van der Waals surface area contributed by atoms with Crippen molar-refractivity contribution < 1.29 is 9.90 Å². The molecular formula is C15H22N2O2. The molecule has 0 aliphatic heterocycles. The van der Waals surface area contributed by atoms with Crippen LogP contribution in [-0.4, -0.2) is 40.6 Å². The van der Waals surface area contributed by atoms with Gasteiger partial charge < -0.3 is 10.0 Å². The van der Waals surface area contributed by atoms with Crippen molar-refractivity contribution in [3.05, 3.63) is 29.6 Å². The molecule has 0 bridgehead atoms. The number of aryl methyl sites for hydroxylation is 1. The molecule has 1 aliphatic rings. The number of aromatic nitrogens is 1. The standard InChI is InChI=1S/C15H22N2O2/c1-11-4-3-5-14(16-11)15(19)17(2)13-8-6-12(10-18)7-9-13/h3-5,12-13,18H,6-10H2,1-2H3. The van der Waals surface area contributed by atoms with Crippen LogP contribution in [-0.2, 0) is 0 Å². The smallest absolute Gasteiger partial charge is 0.272 e. The molecule has 0 saturated heterocycles. The molecule has 0 aromatic carbocycles. The molecular weight excluding hydrogens is 240 g/mol. The summed E-state index contributed by atoms with van der Waals surface area (Å²) in [5, 5.41) is 9.14. The Kier molecular flexibility index (Phi) is 4.53. The average molecular weight is 262 g/mol. The molecule has 1 saturated carbocycles. The van der Waals surface area contributed by atoms with E-state index in [9.17, 15) is 4.79 Å². The van der Waals surface area contributed by atoms with Gasteiger partial charge in [-0.2, -0.15) is 0 Å². The first-order valence-corrected chi connectivity index (χ1v) is 6.93. The minimum atomic E-state index is -0.00357. The zero-order chi connectivity index (χ0) is 13.8. The Morgan fingerprint density at radius 3 is 2.63 bits per heavy atom. The Balaban J connectivity index is 2.00. The molecule has 1 aromatic heterocycles. The lowest BCUT2D eigenvalue weighted by Crippen LogP contribution is -2.40. The van der Waals surface area contributed by atoms with Gasteiger partial charge >= 0.3 is 0 Å². The van der Waals surface area contributed by atoms with E-state index in [1.165, 1.54) is 0 Å². The Hall–Kier alpha value is -1.42. The van der Waals surface area contributed by atoms with Gasteiger partial charge in [-0.1, -0.05) is 6.07 Å². The number of pyridine rings is 1. The van der Waals surface area contributed by atoms with Gasteiger partial charge in [-0.25, -0.2) is 4.98 Å². The van der Waals surface area contributed by atoms with Crippen molar-refractivity contribution in [2.45, 2.75) is 38.6 Å². The molecule has 0 spiro atoms. The molecule has 0 atom stereocenters. The first-order chi connectivity index (χ1) is 9.11. The monoisotopic (exact) mass is 262 g/mol. The normalized spacial score (nSPS) is 23.1. The Morgan fingerprint density at radius 1 is 1.37 bits per heavy atom. The molecule has 2 rings (SSSR count). The summed E-state index contributed by atoms with van der Waals surface area (Å²) in [7, 11) is 1.86. The zero-order valence-corrected chi connectivity index (χ0v) is 11.7. The lowest BCUT2D eigenvalue weighted by Gasteiger charge is -2.34. The largest absolute Gasteiger partial charge is 0.396 e. The van der Waals surface area contributed by atoms with Gasteiger partial charge in [-0.15, -0.1) is 0 Å². The second-order valence-electron chi connectivity index (χ2n) is 5.44. The quantitative estimate of drug-likeness (QED) is 0.906. The zero-order valence-electron chi connectivity index (χ0n) is 11.7. The lowest BCUT2D eigenvalue weighted by atomic mass is 9.86. The van der Waals surface area contributed by atoms with E-state index in [-0.39, 0.29) is 18.6 Å². The van der Waals surface area contributed by atoms with Gasteiger partial charge in [0.05, 0.1) is 0 Å². The van der Waals surface area contributed by atoms with E-state index in [1.807, 2.05) is 31.0 Å². The molecule has 4 heteroatoms. The highest BCUT2D eigenvalue weighted by Crippen LogP contribution is 2.27. The summed E-state index contributed by atoms with van der Waals surface area (Å²) in [6, 6.07) is 5.80. The third-order valence-electron chi connectivity index (χ3n) is 4.05. The van der Waals surface area contributed by atoms with E-state index in [0.29, 0.717) is 11.6 Å². The molecule has 0 radical (unpaired) electrons. The molecule has 0 unspecified atom stereocenters. The second-order valence-corrected chi connectivity index (χ2v) is 5.44. The molecule has 1 aliphatic carbocycles. The SMILES string of the molecule is Cc1cccc(C(=O)N(C)C2CCC(CO)CC2)n1. The maximum atomic E-state index is 12.4. The summed E-state index contributed by atoms with van der Waals surface area (Å²) in [5.41, 5.74) is 1.38. The van der Waals surface area contributed by atoms with Crippen molar-refractivity contribution in [2.75, 3.05) is 13.7 Å². The molecule has 19 heavy (non-hydrogen) atoms. The third kappa shape index (κ3) is 3.32. The van der Waals surface area contributed by atoms with Crippen LogP contribution in [0.4, 0.5) is 0 Å². The van der Waals surface area contributed by atoms with Gasteiger partial charge in [0.1, 0.15) is 5.69 Å². The molecule has 1 heterocycles. The number of aliphatic hydroxyl groups is 1. The van der Waals surface area contributed by atoms with Gasteiger partial charge in [-0.05, 0) is 50.7 Å². The first kappa shape index (κ1) is 14.0. The highest BCUT2D eigenvalue weighted by Gasteiger charge is 2.27. The predicted octanol–water partition coefficient (Wildman–Crippen LogP) is 2.01.